The average molecular weight is 263 g/mol. The van der Waals surface area contributed by atoms with E-state index in [2.05, 4.69) is 0 Å². The van der Waals surface area contributed by atoms with Crippen molar-refractivity contribution in [2.45, 2.75) is 26.2 Å². The Bertz CT molecular complexity index is 459. The number of anilines is 1. The lowest BCUT2D eigenvalue weighted by Crippen LogP contribution is -2.46. The molecule has 18 heavy (non-hydrogen) atoms. The van der Waals surface area contributed by atoms with E-state index in [-0.39, 0.29) is 5.69 Å². The lowest BCUT2D eigenvalue weighted by molar-refractivity contribution is -0.166. The molecule has 0 aliphatic rings. The van der Waals surface area contributed by atoms with E-state index < -0.39 is 18.3 Å². The zero-order chi connectivity index (χ0) is 14.1. The van der Waals surface area contributed by atoms with E-state index in [4.69, 9.17) is 0 Å². The van der Waals surface area contributed by atoms with Crippen molar-refractivity contribution in [2.24, 2.45) is 0 Å². The van der Waals surface area contributed by atoms with Crippen molar-refractivity contribution in [1.82, 2.24) is 0 Å². The first kappa shape index (κ1) is 14.5. The van der Waals surface area contributed by atoms with E-state index in [1.807, 2.05) is 0 Å². The molecule has 0 unspecified atom stereocenters. The number of carbonyl (C=O) groups excluding carboxylic acids is 1. The van der Waals surface area contributed by atoms with Gasteiger partial charge in [-0.15, -0.1) is 0 Å². The number of amides is 1. The monoisotopic (exact) mass is 263 g/mol. The van der Waals surface area contributed by atoms with E-state index in [1.165, 1.54) is 6.07 Å². The molecule has 2 nitrogen and oxygen atoms in total. The molecule has 1 aromatic rings. The highest BCUT2D eigenvalue weighted by Crippen LogP contribution is 2.29. The molecule has 0 saturated carbocycles. The Balaban J connectivity index is 3.07. The largest absolute Gasteiger partial charge is 0.384 e. The molecular formula is C12H13F4NO. The van der Waals surface area contributed by atoms with Crippen LogP contribution in [0.3, 0.4) is 0 Å². The Morgan fingerprint density at radius 3 is 2.28 bits per heavy atom. The number of benzene rings is 1. The third-order valence-corrected chi connectivity index (χ3v) is 2.58. The fourth-order valence-corrected chi connectivity index (χ4v) is 1.61. The third kappa shape index (κ3) is 2.63. The molecule has 1 rings (SSSR count). The maximum atomic E-state index is 12.9. The number of halogens is 4. The van der Waals surface area contributed by atoms with Crippen molar-refractivity contribution in [1.29, 1.82) is 0 Å². The highest BCUT2D eigenvalue weighted by molar-refractivity contribution is 5.98. The fraction of sp³-hybridized carbons (Fsp3) is 0.417. The summed E-state index contributed by atoms with van der Waals surface area (Å²) in [5.41, 5.74) is 1.64. The number of hydrogen-bond donors (Lipinski definition) is 0. The number of hydrogen-bond acceptors (Lipinski definition) is 1. The summed E-state index contributed by atoms with van der Waals surface area (Å²) in [7, 11) is 1.05. The van der Waals surface area contributed by atoms with Gasteiger partial charge < -0.3 is 4.90 Å². The van der Waals surface area contributed by atoms with Crippen LogP contribution in [0, 0.1) is 13.8 Å². The van der Waals surface area contributed by atoms with Crippen LogP contribution in [0.25, 0.3) is 0 Å². The summed E-state index contributed by atoms with van der Waals surface area (Å²) in [5, 5.41) is 0. The molecule has 1 aromatic carbocycles. The second-order valence-electron chi connectivity index (χ2n) is 4.08. The molecule has 0 atom stereocenters. The van der Waals surface area contributed by atoms with Crippen LogP contribution in [-0.2, 0) is 4.79 Å². The van der Waals surface area contributed by atoms with Crippen LogP contribution < -0.4 is 4.90 Å². The first-order valence-corrected chi connectivity index (χ1v) is 5.19. The van der Waals surface area contributed by atoms with Crippen LogP contribution in [0.1, 0.15) is 11.1 Å². The topological polar surface area (TPSA) is 20.3 Å². The summed E-state index contributed by atoms with van der Waals surface area (Å²) in [6, 6.07) is 4.75. The molecule has 0 spiro atoms. The van der Waals surface area contributed by atoms with Crippen molar-refractivity contribution < 1.29 is 22.4 Å². The SMILES string of the molecule is Cc1ccc(N(C)C(=O)C(F)(F)C(F)F)c(C)c1. The predicted octanol–water partition coefficient (Wildman–Crippen LogP) is 3.17. The number of aryl methyl sites for hydroxylation is 2. The lowest BCUT2D eigenvalue weighted by Gasteiger charge is -2.24. The van der Waals surface area contributed by atoms with Gasteiger partial charge in [-0.2, -0.15) is 8.78 Å². The van der Waals surface area contributed by atoms with Crippen molar-refractivity contribution in [3.8, 4) is 0 Å². The van der Waals surface area contributed by atoms with Crippen molar-refractivity contribution in [3.63, 3.8) is 0 Å². The molecular weight excluding hydrogens is 250 g/mol. The quantitative estimate of drug-likeness (QED) is 0.767. The van der Waals surface area contributed by atoms with Gasteiger partial charge in [0.1, 0.15) is 0 Å². The predicted molar refractivity (Wildman–Crippen MR) is 60.3 cm³/mol. The van der Waals surface area contributed by atoms with Crippen LogP contribution in [0.5, 0.6) is 0 Å². The normalized spacial score (nSPS) is 11.8. The zero-order valence-corrected chi connectivity index (χ0v) is 10.2. The molecule has 0 N–H and O–H groups in total. The number of nitrogens with zero attached hydrogens (tertiary/aromatic N) is 1. The van der Waals surface area contributed by atoms with Gasteiger partial charge >= 0.3 is 18.3 Å². The van der Waals surface area contributed by atoms with Gasteiger partial charge in [0.25, 0.3) is 0 Å². The second kappa shape index (κ2) is 4.96. The van der Waals surface area contributed by atoms with Crippen molar-refractivity contribution in [2.75, 3.05) is 11.9 Å². The van der Waals surface area contributed by atoms with E-state index >= 15 is 0 Å². The first-order valence-electron chi connectivity index (χ1n) is 5.19. The highest BCUT2D eigenvalue weighted by atomic mass is 19.3. The molecule has 0 saturated heterocycles. The minimum absolute atomic E-state index is 0.186. The summed E-state index contributed by atoms with van der Waals surface area (Å²) in [5.74, 6) is -6.59. The lowest BCUT2D eigenvalue weighted by atomic mass is 10.1. The molecule has 100 valence electrons. The maximum Gasteiger partial charge on any atom is 0.384 e. The Morgan fingerprint density at radius 1 is 1.28 bits per heavy atom. The summed E-state index contributed by atoms with van der Waals surface area (Å²) in [6.07, 6.45) is -4.02. The summed E-state index contributed by atoms with van der Waals surface area (Å²) < 4.78 is 50.1. The number of carbonyl (C=O) groups is 1. The molecule has 0 aliphatic heterocycles. The zero-order valence-electron chi connectivity index (χ0n) is 10.2. The fourth-order valence-electron chi connectivity index (χ4n) is 1.61. The molecule has 0 heterocycles. The summed E-state index contributed by atoms with van der Waals surface area (Å²) in [6.45, 7) is 3.42. The van der Waals surface area contributed by atoms with E-state index in [9.17, 15) is 22.4 Å². The molecule has 0 bridgehead atoms. The molecule has 0 aliphatic carbocycles. The molecule has 6 heteroatoms. The standard InChI is InChI=1S/C12H13F4NO/c1-7-4-5-9(8(2)6-7)17(3)11(18)12(15,16)10(13)14/h4-6,10H,1-3H3. The summed E-state index contributed by atoms with van der Waals surface area (Å²) in [4.78, 5) is 11.9. The van der Waals surface area contributed by atoms with Gasteiger partial charge in [-0.1, -0.05) is 17.7 Å². The smallest absolute Gasteiger partial charge is 0.310 e. The van der Waals surface area contributed by atoms with Crippen molar-refractivity contribution >= 4 is 11.6 Å². The Kier molecular flexibility index (Phi) is 3.98. The van der Waals surface area contributed by atoms with E-state index in [1.54, 1.807) is 26.0 Å². The van der Waals surface area contributed by atoms with Gasteiger partial charge in [-0.3, -0.25) is 4.79 Å². The van der Waals surface area contributed by atoms with Gasteiger partial charge in [-0.05, 0) is 25.5 Å². The second-order valence-corrected chi connectivity index (χ2v) is 4.08. The third-order valence-electron chi connectivity index (χ3n) is 2.58. The molecule has 0 radical (unpaired) electrons. The van der Waals surface area contributed by atoms with E-state index in [0.29, 0.717) is 10.5 Å². The Labute approximate surface area is 102 Å². The van der Waals surface area contributed by atoms with Gasteiger partial charge in [0.2, 0.25) is 0 Å². The van der Waals surface area contributed by atoms with Gasteiger partial charge in [0.15, 0.2) is 0 Å². The van der Waals surface area contributed by atoms with Gasteiger partial charge in [0.05, 0.1) is 0 Å². The van der Waals surface area contributed by atoms with Crippen LogP contribution in [0.2, 0.25) is 0 Å². The maximum absolute atomic E-state index is 12.9. The average Bonchev–Trinajstić information content (AvgIpc) is 2.26. The van der Waals surface area contributed by atoms with Gasteiger partial charge in [0, 0.05) is 12.7 Å². The minimum Gasteiger partial charge on any atom is -0.310 e. The van der Waals surface area contributed by atoms with Crippen LogP contribution in [-0.4, -0.2) is 25.3 Å². The van der Waals surface area contributed by atoms with Crippen molar-refractivity contribution in [3.05, 3.63) is 29.3 Å². The minimum atomic E-state index is -4.67. The Morgan fingerprint density at radius 2 is 1.83 bits per heavy atom. The highest BCUT2D eigenvalue weighted by Gasteiger charge is 2.50. The van der Waals surface area contributed by atoms with Crippen LogP contribution >= 0.6 is 0 Å². The van der Waals surface area contributed by atoms with Crippen LogP contribution in [0.4, 0.5) is 23.2 Å². The first-order chi connectivity index (χ1) is 8.17. The van der Waals surface area contributed by atoms with Gasteiger partial charge in [-0.25, -0.2) is 8.78 Å². The Hall–Kier alpha value is -1.59. The molecule has 1 amide bonds. The molecule has 0 fully saturated rings. The number of rotatable bonds is 3. The number of alkyl halides is 4. The van der Waals surface area contributed by atoms with E-state index in [0.717, 1.165) is 12.6 Å². The molecule has 0 aromatic heterocycles. The summed E-state index contributed by atoms with van der Waals surface area (Å²) >= 11 is 0. The van der Waals surface area contributed by atoms with Crippen LogP contribution in [0.15, 0.2) is 18.2 Å².